The Morgan fingerprint density at radius 2 is 0.870 bits per heavy atom. The Bertz CT molecular complexity index is 2050. The van der Waals surface area contributed by atoms with Gasteiger partial charge in [-0.15, -0.1) is 0 Å². The lowest BCUT2D eigenvalue weighted by molar-refractivity contribution is 0.103. The van der Waals surface area contributed by atoms with E-state index in [0.717, 1.165) is 11.1 Å². The van der Waals surface area contributed by atoms with Gasteiger partial charge in [-0.05, 0) is 97.1 Å². The maximum absolute atomic E-state index is 13.1. The Morgan fingerprint density at radius 1 is 0.413 bits per heavy atom. The number of benzene rings is 6. The van der Waals surface area contributed by atoms with Gasteiger partial charge in [0.25, 0.3) is 0 Å². The summed E-state index contributed by atoms with van der Waals surface area (Å²) in [6.07, 6.45) is 0. The zero-order valence-corrected chi connectivity index (χ0v) is 25.0. The van der Waals surface area contributed by atoms with Gasteiger partial charge in [-0.1, -0.05) is 60.4 Å². The van der Waals surface area contributed by atoms with Crippen LogP contribution >= 0.6 is 0 Å². The van der Waals surface area contributed by atoms with E-state index >= 15 is 0 Å². The summed E-state index contributed by atoms with van der Waals surface area (Å²) in [5, 5.41) is 0. The predicted octanol–water partition coefficient (Wildman–Crippen LogP) is 9.14. The number of ether oxygens (including phenoxy) is 3. The van der Waals surface area contributed by atoms with E-state index in [1.165, 1.54) is 0 Å². The first-order chi connectivity index (χ1) is 22.5. The SMILES string of the molecule is COc1cccc(C(=O)c2cccc(Oc3cccc(Oc4ccc(C(=O)c5ccc(C#Cc6ccccc6)cc5)cc4)c3)c2)c1. The van der Waals surface area contributed by atoms with Crippen molar-refractivity contribution in [2.24, 2.45) is 0 Å². The molecule has 6 aromatic rings. The van der Waals surface area contributed by atoms with Crippen LogP contribution in [0.5, 0.6) is 28.7 Å². The van der Waals surface area contributed by atoms with Crippen LogP contribution in [0.2, 0.25) is 0 Å². The topological polar surface area (TPSA) is 61.8 Å². The zero-order valence-electron chi connectivity index (χ0n) is 25.0. The van der Waals surface area contributed by atoms with Crippen LogP contribution in [0.1, 0.15) is 43.0 Å². The van der Waals surface area contributed by atoms with E-state index in [0.29, 0.717) is 51.0 Å². The summed E-state index contributed by atoms with van der Waals surface area (Å²) >= 11 is 0. The van der Waals surface area contributed by atoms with Crippen molar-refractivity contribution in [1.29, 1.82) is 0 Å². The van der Waals surface area contributed by atoms with Crippen LogP contribution in [0.15, 0.2) is 152 Å². The van der Waals surface area contributed by atoms with Gasteiger partial charge in [-0.3, -0.25) is 9.59 Å². The number of rotatable bonds is 9. The minimum absolute atomic E-state index is 0.0865. The first-order valence-corrected chi connectivity index (χ1v) is 14.6. The van der Waals surface area contributed by atoms with Crippen LogP contribution in [-0.2, 0) is 0 Å². The van der Waals surface area contributed by atoms with Crippen LogP contribution in [0.4, 0.5) is 0 Å². The fraction of sp³-hybridized carbons (Fsp3) is 0.0244. The Kier molecular flexibility index (Phi) is 8.99. The van der Waals surface area contributed by atoms with E-state index in [4.69, 9.17) is 14.2 Å². The summed E-state index contributed by atoms with van der Waals surface area (Å²) in [5.41, 5.74) is 3.94. The van der Waals surface area contributed by atoms with Gasteiger partial charge >= 0.3 is 0 Å². The molecule has 0 radical (unpaired) electrons. The molecular formula is C41H28O5. The Labute approximate surface area is 267 Å². The molecule has 0 heterocycles. The molecule has 46 heavy (non-hydrogen) atoms. The van der Waals surface area contributed by atoms with Gasteiger partial charge in [-0.2, -0.15) is 0 Å². The second-order valence-electron chi connectivity index (χ2n) is 10.3. The molecule has 0 unspecified atom stereocenters. The molecule has 0 aromatic heterocycles. The molecule has 0 aliphatic heterocycles. The van der Waals surface area contributed by atoms with Crippen LogP contribution in [0.25, 0.3) is 0 Å². The fourth-order valence-electron chi connectivity index (χ4n) is 4.72. The highest BCUT2D eigenvalue weighted by molar-refractivity contribution is 6.09. The minimum atomic E-state index is -0.131. The van der Waals surface area contributed by atoms with E-state index < -0.39 is 0 Å². The highest BCUT2D eigenvalue weighted by atomic mass is 16.5. The smallest absolute Gasteiger partial charge is 0.193 e. The van der Waals surface area contributed by atoms with E-state index in [1.807, 2.05) is 60.7 Å². The Balaban J connectivity index is 1.09. The van der Waals surface area contributed by atoms with Crippen LogP contribution in [0.3, 0.4) is 0 Å². The fourth-order valence-corrected chi connectivity index (χ4v) is 4.72. The van der Waals surface area contributed by atoms with Crippen molar-refractivity contribution in [3.63, 3.8) is 0 Å². The van der Waals surface area contributed by atoms with E-state index in [2.05, 4.69) is 11.8 Å². The van der Waals surface area contributed by atoms with Crippen molar-refractivity contribution in [1.82, 2.24) is 0 Å². The summed E-state index contributed by atoms with van der Waals surface area (Å²) in [6.45, 7) is 0. The monoisotopic (exact) mass is 600 g/mol. The first kappa shape index (κ1) is 29.7. The number of ketones is 2. The number of hydrogen-bond acceptors (Lipinski definition) is 5. The van der Waals surface area contributed by atoms with E-state index in [9.17, 15) is 9.59 Å². The van der Waals surface area contributed by atoms with Crippen molar-refractivity contribution in [3.8, 4) is 40.6 Å². The molecule has 5 nitrogen and oxygen atoms in total. The second-order valence-corrected chi connectivity index (χ2v) is 10.3. The van der Waals surface area contributed by atoms with Gasteiger partial charge in [0, 0.05) is 39.4 Å². The molecule has 0 amide bonds. The van der Waals surface area contributed by atoms with Crippen molar-refractivity contribution >= 4 is 11.6 Å². The lowest BCUT2D eigenvalue weighted by Crippen LogP contribution is -2.01. The average molecular weight is 601 g/mol. The lowest BCUT2D eigenvalue weighted by Gasteiger charge is -2.11. The van der Waals surface area contributed by atoms with E-state index in [-0.39, 0.29) is 11.6 Å². The molecular weight excluding hydrogens is 572 g/mol. The molecule has 6 aromatic carbocycles. The van der Waals surface area contributed by atoms with E-state index in [1.54, 1.807) is 98.1 Å². The van der Waals surface area contributed by atoms with Gasteiger partial charge in [0.2, 0.25) is 0 Å². The van der Waals surface area contributed by atoms with Crippen molar-refractivity contribution in [2.75, 3.05) is 7.11 Å². The summed E-state index contributed by atoms with van der Waals surface area (Å²) in [7, 11) is 1.57. The number of hydrogen-bond donors (Lipinski definition) is 0. The summed E-state index contributed by atoms with van der Waals surface area (Å²) in [5.74, 6) is 8.86. The quantitative estimate of drug-likeness (QED) is 0.122. The number of carbonyl (C=O) groups is 2. The molecule has 0 bridgehead atoms. The molecule has 5 heteroatoms. The van der Waals surface area contributed by atoms with Crippen LogP contribution in [-0.4, -0.2) is 18.7 Å². The lowest BCUT2D eigenvalue weighted by atomic mass is 10.0. The van der Waals surface area contributed by atoms with Crippen LogP contribution < -0.4 is 14.2 Å². The molecule has 6 rings (SSSR count). The Hall–Kier alpha value is -6.38. The van der Waals surface area contributed by atoms with Gasteiger partial charge in [-0.25, -0.2) is 0 Å². The standard InChI is InChI=1S/C41H28O5/c1-44-36-12-5-10-33(26-36)41(43)34-11-6-13-37(27-34)46-39-15-7-14-38(28-39)45-35-24-22-32(23-25-35)40(42)31-20-18-30(19-21-31)17-16-29-8-3-2-4-9-29/h2-15,18-28H,1H3. The summed E-state index contributed by atoms with van der Waals surface area (Å²) < 4.78 is 17.4. The maximum atomic E-state index is 13.1. The summed E-state index contributed by atoms with van der Waals surface area (Å²) in [4.78, 5) is 26.1. The van der Waals surface area contributed by atoms with Crippen molar-refractivity contribution in [3.05, 3.63) is 185 Å². The van der Waals surface area contributed by atoms with Gasteiger partial charge in [0.1, 0.15) is 28.7 Å². The minimum Gasteiger partial charge on any atom is -0.497 e. The molecule has 0 aliphatic carbocycles. The molecule has 0 N–H and O–H groups in total. The highest BCUT2D eigenvalue weighted by Gasteiger charge is 2.12. The second kappa shape index (κ2) is 13.9. The number of methoxy groups -OCH3 is 1. The summed E-state index contributed by atoms with van der Waals surface area (Å²) in [6, 6.07) is 45.3. The predicted molar refractivity (Wildman–Crippen MR) is 178 cm³/mol. The first-order valence-electron chi connectivity index (χ1n) is 14.6. The zero-order chi connectivity index (χ0) is 31.7. The molecule has 0 aliphatic rings. The number of carbonyl (C=O) groups excluding carboxylic acids is 2. The average Bonchev–Trinajstić information content (AvgIpc) is 3.11. The van der Waals surface area contributed by atoms with Gasteiger partial charge in [0.05, 0.1) is 7.11 Å². The Morgan fingerprint density at radius 3 is 1.48 bits per heavy atom. The highest BCUT2D eigenvalue weighted by Crippen LogP contribution is 2.30. The third-order valence-electron chi connectivity index (χ3n) is 7.09. The molecule has 0 spiro atoms. The van der Waals surface area contributed by atoms with Crippen molar-refractivity contribution < 1.29 is 23.8 Å². The van der Waals surface area contributed by atoms with Crippen molar-refractivity contribution in [2.45, 2.75) is 0 Å². The molecule has 0 saturated heterocycles. The third kappa shape index (κ3) is 7.39. The molecule has 0 saturated carbocycles. The maximum Gasteiger partial charge on any atom is 0.193 e. The molecule has 0 fully saturated rings. The third-order valence-corrected chi connectivity index (χ3v) is 7.09. The molecule has 0 atom stereocenters. The van der Waals surface area contributed by atoms with Gasteiger partial charge < -0.3 is 14.2 Å². The molecule has 222 valence electrons. The largest absolute Gasteiger partial charge is 0.497 e. The van der Waals surface area contributed by atoms with Crippen LogP contribution in [0, 0.1) is 11.8 Å². The normalized spacial score (nSPS) is 10.3. The van der Waals surface area contributed by atoms with Gasteiger partial charge in [0.15, 0.2) is 11.6 Å².